The summed E-state index contributed by atoms with van der Waals surface area (Å²) in [6.07, 6.45) is -0.612. The average molecular weight is 486 g/mol. The molecule has 7 heteroatoms. The van der Waals surface area contributed by atoms with Gasteiger partial charge < -0.3 is 19.9 Å². The van der Waals surface area contributed by atoms with Crippen molar-refractivity contribution in [3.63, 3.8) is 0 Å². The molecule has 26 heavy (non-hydrogen) atoms. The quantitative estimate of drug-likeness (QED) is 0.458. The Balaban J connectivity index is 1.95. The third-order valence-corrected chi connectivity index (χ3v) is 5.47. The maximum absolute atomic E-state index is 10.6. The largest absolute Gasteiger partial charge is 0.395 e. The number of hydrogen-bond donors (Lipinski definition) is 3. The van der Waals surface area contributed by atoms with Crippen molar-refractivity contribution in [1.82, 2.24) is 9.47 Å². The first-order valence-electron chi connectivity index (χ1n) is 8.52. The molecule has 0 bridgehead atoms. The van der Waals surface area contributed by atoms with E-state index in [-0.39, 0.29) is 13.2 Å². The molecule has 1 aromatic heterocycles. The Labute approximate surface area is 169 Å². The van der Waals surface area contributed by atoms with Crippen LogP contribution in [0.3, 0.4) is 0 Å². The minimum absolute atomic E-state index is 0.00412. The molecule has 3 N–H and O–H groups in total. The van der Waals surface area contributed by atoms with Crippen LogP contribution < -0.4 is 0 Å². The van der Waals surface area contributed by atoms with Crippen molar-refractivity contribution < 1.29 is 15.3 Å². The van der Waals surface area contributed by atoms with Gasteiger partial charge in [-0.1, -0.05) is 31.9 Å². The zero-order valence-electron chi connectivity index (χ0n) is 14.3. The lowest BCUT2D eigenvalue weighted by molar-refractivity contribution is 0.0787. The van der Waals surface area contributed by atoms with Crippen LogP contribution in [0.25, 0.3) is 21.8 Å². The fraction of sp³-hybridized carbons (Fsp3) is 0.368. The van der Waals surface area contributed by atoms with Crippen LogP contribution >= 0.6 is 31.9 Å². The van der Waals surface area contributed by atoms with Crippen LogP contribution in [0.4, 0.5) is 0 Å². The summed E-state index contributed by atoms with van der Waals surface area (Å²) in [6, 6.07) is 12.3. The molecule has 1 heterocycles. The molecule has 140 valence electrons. The number of aliphatic hydroxyl groups excluding tert-OH is 3. The predicted molar refractivity (Wildman–Crippen MR) is 111 cm³/mol. The second kappa shape index (κ2) is 8.82. The molecule has 0 aliphatic carbocycles. The lowest BCUT2D eigenvalue weighted by Crippen LogP contribution is -2.38. The van der Waals surface area contributed by atoms with Crippen LogP contribution in [0.5, 0.6) is 0 Å². The monoisotopic (exact) mass is 484 g/mol. The summed E-state index contributed by atoms with van der Waals surface area (Å²) in [4.78, 5) is 1.87. The predicted octanol–water partition coefficient (Wildman–Crippen LogP) is 2.97. The number of fused-ring (bicyclic) bond motifs is 3. The minimum atomic E-state index is -0.612. The molecule has 3 rings (SSSR count). The van der Waals surface area contributed by atoms with Crippen molar-refractivity contribution in [2.75, 3.05) is 32.8 Å². The van der Waals surface area contributed by atoms with Gasteiger partial charge in [-0.15, -0.1) is 0 Å². The molecule has 0 amide bonds. The second-order valence-corrected chi connectivity index (χ2v) is 8.17. The lowest BCUT2D eigenvalue weighted by Gasteiger charge is -2.24. The molecule has 0 unspecified atom stereocenters. The molecule has 0 aliphatic rings. The van der Waals surface area contributed by atoms with Crippen molar-refractivity contribution in [3.8, 4) is 0 Å². The van der Waals surface area contributed by atoms with E-state index in [9.17, 15) is 5.11 Å². The number of aliphatic hydroxyl groups is 3. The summed E-state index contributed by atoms with van der Waals surface area (Å²) in [7, 11) is 0. The summed E-state index contributed by atoms with van der Waals surface area (Å²) in [5.41, 5.74) is 2.13. The van der Waals surface area contributed by atoms with E-state index in [0.29, 0.717) is 26.2 Å². The third kappa shape index (κ3) is 4.30. The van der Waals surface area contributed by atoms with E-state index in [0.717, 1.165) is 30.8 Å². The van der Waals surface area contributed by atoms with E-state index in [1.165, 1.54) is 0 Å². The molecule has 0 fully saturated rings. The fourth-order valence-corrected chi connectivity index (χ4v) is 4.11. The van der Waals surface area contributed by atoms with Gasteiger partial charge in [0, 0.05) is 50.4 Å². The van der Waals surface area contributed by atoms with E-state index in [2.05, 4.69) is 60.7 Å². The van der Waals surface area contributed by atoms with Crippen molar-refractivity contribution in [3.05, 3.63) is 45.3 Å². The Kier molecular flexibility index (Phi) is 6.71. The van der Waals surface area contributed by atoms with Crippen LogP contribution in [0, 0.1) is 0 Å². The molecular weight excluding hydrogens is 464 g/mol. The van der Waals surface area contributed by atoms with Crippen LogP contribution in [0.15, 0.2) is 45.3 Å². The molecule has 0 radical (unpaired) electrons. The van der Waals surface area contributed by atoms with Gasteiger partial charge in [-0.3, -0.25) is 4.90 Å². The zero-order chi connectivity index (χ0) is 18.7. The highest BCUT2D eigenvalue weighted by atomic mass is 79.9. The molecule has 3 aromatic rings. The Hall–Kier alpha value is -0.960. The normalized spacial score (nSPS) is 13.2. The maximum Gasteiger partial charge on any atom is 0.0846 e. The number of nitrogens with zero attached hydrogens (tertiary/aromatic N) is 2. The minimum Gasteiger partial charge on any atom is -0.395 e. The number of halogens is 2. The molecule has 1 atom stereocenters. The van der Waals surface area contributed by atoms with Gasteiger partial charge in [0.1, 0.15) is 0 Å². The molecule has 0 aliphatic heterocycles. The highest BCUT2D eigenvalue weighted by Gasteiger charge is 2.16. The summed E-state index contributed by atoms with van der Waals surface area (Å²) in [5.74, 6) is 0. The Morgan fingerprint density at radius 2 is 1.38 bits per heavy atom. The van der Waals surface area contributed by atoms with Crippen LogP contribution in [0.2, 0.25) is 0 Å². The van der Waals surface area contributed by atoms with Gasteiger partial charge in [0.2, 0.25) is 0 Å². The van der Waals surface area contributed by atoms with Gasteiger partial charge in [0.15, 0.2) is 0 Å². The summed E-state index contributed by atoms with van der Waals surface area (Å²) in [5, 5.41) is 31.2. The summed E-state index contributed by atoms with van der Waals surface area (Å²) in [6.45, 7) is 1.72. The van der Waals surface area contributed by atoms with Crippen molar-refractivity contribution in [2.45, 2.75) is 12.6 Å². The Morgan fingerprint density at radius 1 is 0.885 bits per heavy atom. The summed E-state index contributed by atoms with van der Waals surface area (Å²) >= 11 is 7.08. The first-order chi connectivity index (χ1) is 12.5. The van der Waals surface area contributed by atoms with E-state index in [1.807, 2.05) is 17.0 Å². The fourth-order valence-electron chi connectivity index (χ4n) is 3.39. The van der Waals surface area contributed by atoms with Crippen molar-refractivity contribution in [2.24, 2.45) is 0 Å². The average Bonchev–Trinajstić information content (AvgIpc) is 2.88. The highest BCUT2D eigenvalue weighted by Crippen LogP contribution is 2.33. The Morgan fingerprint density at radius 3 is 1.85 bits per heavy atom. The first-order valence-corrected chi connectivity index (χ1v) is 10.1. The van der Waals surface area contributed by atoms with Gasteiger partial charge in [0.05, 0.1) is 25.9 Å². The molecule has 0 saturated carbocycles. The van der Waals surface area contributed by atoms with E-state index in [1.54, 1.807) is 0 Å². The maximum atomic E-state index is 10.6. The second-order valence-electron chi connectivity index (χ2n) is 6.34. The van der Waals surface area contributed by atoms with Gasteiger partial charge in [-0.05, 0) is 36.4 Å². The SMILES string of the molecule is OCCN(CCO)C[C@@H](O)Cn1c2ccc(Br)cc2c2cc(Br)ccc21. The smallest absolute Gasteiger partial charge is 0.0846 e. The molecule has 0 saturated heterocycles. The lowest BCUT2D eigenvalue weighted by atomic mass is 10.2. The topological polar surface area (TPSA) is 68.9 Å². The summed E-state index contributed by atoms with van der Waals surface area (Å²) < 4.78 is 4.16. The van der Waals surface area contributed by atoms with Crippen molar-refractivity contribution in [1.29, 1.82) is 0 Å². The molecular formula is C19H22Br2N2O3. The van der Waals surface area contributed by atoms with Crippen LogP contribution in [0.1, 0.15) is 0 Å². The molecule has 2 aromatic carbocycles. The Bertz CT molecular complexity index is 832. The number of hydrogen-bond acceptors (Lipinski definition) is 4. The van der Waals surface area contributed by atoms with Crippen LogP contribution in [-0.4, -0.2) is 63.7 Å². The van der Waals surface area contributed by atoms with Gasteiger partial charge >= 0.3 is 0 Å². The van der Waals surface area contributed by atoms with Crippen LogP contribution in [-0.2, 0) is 6.54 Å². The molecule has 0 spiro atoms. The zero-order valence-corrected chi connectivity index (χ0v) is 17.4. The highest BCUT2D eigenvalue weighted by molar-refractivity contribution is 9.10. The third-order valence-electron chi connectivity index (χ3n) is 4.48. The number of rotatable bonds is 8. The van der Waals surface area contributed by atoms with Gasteiger partial charge in [0.25, 0.3) is 0 Å². The van der Waals surface area contributed by atoms with Crippen molar-refractivity contribution >= 4 is 53.7 Å². The standard InChI is InChI=1S/C19H22Br2N2O3/c20-13-1-3-18-16(9-13)17-10-14(21)2-4-19(17)23(18)12-15(26)11-22(5-7-24)6-8-25/h1-4,9-10,15,24-26H,5-8,11-12H2/t15-/m1/s1. The molecule has 5 nitrogen and oxygen atoms in total. The number of benzene rings is 2. The van der Waals surface area contributed by atoms with E-state index < -0.39 is 6.10 Å². The van der Waals surface area contributed by atoms with Gasteiger partial charge in [-0.25, -0.2) is 0 Å². The van der Waals surface area contributed by atoms with E-state index >= 15 is 0 Å². The first kappa shape index (κ1) is 19.8. The van der Waals surface area contributed by atoms with E-state index in [4.69, 9.17) is 10.2 Å². The number of aromatic nitrogens is 1. The van der Waals surface area contributed by atoms with Gasteiger partial charge in [-0.2, -0.15) is 0 Å².